The maximum absolute atomic E-state index is 11.8. The van der Waals surface area contributed by atoms with Crippen LogP contribution in [-0.4, -0.2) is 25.7 Å². The molecule has 1 unspecified atom stereocenters. The number of ether oxygens (including phenoxy) is 2. The van der Waals surface area contributed by atoms with Crippen LogP contribution in [0.4, 0.5) is 0 Å². The maximum Gasteiger partial charge on any atom is 0.313 e. The zero-order valence-electron chi connectivity index (χ0n) is 11.0. The van der Waals surface area contributed by atoms with Crippen molar-refractivity contribution >= 4 is 5.97 Å². The van der Waals surface area contributed by atoms with E-state index in [1.54, 1.807) is 0 Å². The van der Waals surface area contributed by atoms with Crippen LogP contribution in [0.1, 0.15) is 20.3 Å². The average Bonchev–Trinajstić information content (AvgIpc) is 2.43. The summed E-state index contributed by atoms with van der Waals surface area (Å²) in [5, 5.41) is 0. The summed E-state index contributed by atoms with van der Waals surface area (Å²) in [5.74, 6) is 0.509. The minimum absolute atomic E-state index is 0.239. The first-order valence-electron chi connectivity index (χ1n) is 6.17. The summed E-state index contributed by atoms with van der Waals surface area (Å²) in [7, 11) is 0. The van der Waals surface area contributed by atoms with Crippen LogP contribution in [0.25, 0.3) is 0 Å². The van der Waals surface area contributed by atoms with E-state index in [1.807, 2.05) is 44.2 Å². The summed E-state index contributed by atoms with van der Waals surface area (Å²) in [6.45, 7) is 4.62. The number of nitrogens with two attached hydrogens (primary N) is 1. The van der Waals surface area contributed by atoms with Crippen molar-refractivity contribution in [1.29, 1.82) is 0 Å². The molecule has 0 aromatic heterocycles. The van der Waals surface area contributed by atoms with E-state index in [1.165, 1.54) is 0 Å². The van der Waals surface area contributed by atoms with Crippen LogP contribution in [0, 0.1) is 5.41 Å². The highest BCUT2D eigenvalue weighted by Crippen LogP contribution is 2.20. The number of hydrogen-bond acceptors (Lipinski definition) is 4. The molecule has 0 spiro atoms. The van der Waals surface area contributed by atoms with Crippen molar-refractivity contribution in [3.05, 3.63) is 30.3 Å². The highest BCUT2D eigenvalue weighted by molar-refractivity contribution is 5.76. The Labute approximate surface area is 108 Å². The summed E-state index contributed by atoms with van der Waals surface area (Å²) < 4.78 is 10.6. The average molecular weight is 251 g/mol. The first kappa shape index (κ1) is 14.5. The van der Waals surface area contributed by atoms with E-state index in [2.05, 4.69) is 0 Å². The number of rotatable bonds is 7. The molecule has 0 saturated heterocycles. The zero-order chi connectivity index (χ0) is 13.4. The smallest absolute Gasteiger partial charge is 0.313 e. The molecule has 18 heavy (non-hydrogen) atoms. The van der Waals surface area contributed by atoms with Crippen LogP contribution in [0.3, 0.4) is 0 Å². The molecule has 0 radical (unpaired) electrons. The fourth-order valence-corrected chi connectivity index (χ4v) is 1.36. The van der Waals surface area contributed by atoms with Gasteiger partial charge >= 0.3 is 5.97 Å². The Balaban J connectivity index is 2.28. The summed E-state index contributed by atoms with van der Waals surface area (Å²) in [6, 6.07) is 9.42. The van der Waals surface area contributed by atoms with E-state index in [9.17, 15) is 4.79 Å². The molecule has 1 atom stereocenters. The van der Waals surface area contributed by atoms with Crippen molar-refractivity contribution in [3.8, 4) is 5.75 Å². The second kappa shape index (κ2) is 7.01. The number of carbonyl (C=O) groups excluding carboxylic acids is 1. The highest BCUT2D eigenvalue weighted by atomic mass is 16.6. The monoisotopic (exact) mass is 251 g/mol. The minimum Gasteiger partial charge on any atom is -0.490 e. The third-order valence-electron chi connectivity index (χ3n) is 3.05. The van der Waals surface area contributed by atoms with Gasteiger partial charge in [0.05, 0.1) is 5.41 Å². The molecule has 0 aliphatic carbocycles. The molecule has 4 heteroatoms. The lowest BCUT2D eigenvalue weighted by molar-refractivity contribution is -0.155. The summed E-state index contributed by atoms with van der Waals surface area (Å²) in [5.41, 5.74) is 4.99. The minimum atomic E-state index is -0.591. The SMILES string of the molecule is CCC(C)(CN)C(=O)OCCOc1ccccc1. The second-order valence-electron chi connectivity index (χ2n) is 4.42. The van der Waals surface area contributed by atoms with Gasteiger partial charge in [-0.15, -0.1) is 0 Å². The van der Waals surface area contributed by atoms with Gasteiger partial charge in [0.1, 0.15) is 19.0 Å². The number of esters is 1. The Morgan fingerprint density at radius 3 is 2.50 bits per heavy atom. The van der Waals surface area contributed by atoms with Crippen molar-refractivity contribution in [1.82, 2.24) is 0 Å². The molecule has 2 N–H and O–H groups in total. The lowest BCUT2D eigenvalue weighted by Crippen LogP contribution is -2.37. The summed E-state index contributed by atoms with van der Waals surface area (Å²) in [4.78, 5) is 11.8. The van der Waals surface area contributed by atoms with Gasteiger partial charge in [0.2, 0.25) is 0 Å². The molecular formula is C14H21NO3. The lowest BCUT2D eigenvalue weighted by Gasteiger charge is -2.23. The van der Waals surface area contributed by atoms with E-state index in [4.69, 9.17) is 15.2 Å². The Bertz CT molecular complexity index is 361. The zero-order valence-corrected chi connectivity index (χ0v) is 11.0. The van der Waals surface area contributed by atoms with E-state index >= 15 is 0 Å². The van der Waals surface area contributed by atoms with Gasteiger partial charge in [0.15, 0.2) is 0 Å². The van der Waals surface area contributed by atoms with E-state index in [0.717, 1.165) is 5.75 Å². The standard InChI is InChI=1S/C14H21NO3/c1-3-14(2,11-15)13(16)18-10-9-17-12-7-5-4-6-8-12/h4-8H,3,9-11,15H2,1-2H3. The van der Waals surface area contributed by atoms with Gasteiger partial charge < -0.3 is 15.2 Å². The fourth-order valence-electron chi connectivity index (χ4n) is 1.36. The Kier molecular flexibility index (Phi) is 5.65. The molecular weight excluding hydrogens is 230 g/mol. The Morgan fingerprint density at radius 1 is 1.28 bits per heavy atom. The van der Waals surface area contributed by atoms with Gasteiger partial charge in [-0.25, -0.2) is 0 Å². The third-order valence-corrected chi connectivity index (χ3v) is 3.05. The highest BCUT2D eigenvalue weighted by Gasteiger charge is 2.31. The Morgan fingerprint density at radius 2 is 1.94 bits per heavy atom. The van der Waals surface area contributed by atoms with Crippen molar-refractivity contribution in [3.63, 3.8) is 0 Å². The van der Waals surface area contributed by atoms with Gasteiger partial charge in [0.25, 0.3) is 0 Å². The van der Waals surface area contributed by atoms with E-state index in [0.29, 0.717) is 19.6 Å². The molecule has 0 saturated carbocycles. The largest absolute Gasteiger partial charge is 0.490 e. The molecule has 0 amide bonds. The molecule has 0 heterocycles. The molecule has 4 nitrogen and oxygen atoms in total. The predicted molar refractivity (Wildman–Crippen MR) is 70.3 cm³/mol. The van der Waals surface area contributed by atoms with Gasteiger partial charge in [-0.05, 0) is 25.5 Å². The van der Waals surface area contributed by atoms with Crippen LogP contribution in [0.15, 0.2) is 30.3 Å². The molecule has 0 aliphatic heterocycles. The second-order valence-corrected chi connectivity index (χ2v) is 4.42. The first-order chi connectivity index (χ1) is 8.62. The molecule has 100 valence electrons. The van der Waals surface area contributed by atoms with Crippen LogP contribution in [0.5, 0.6) is 5.75 Å². The number of benzene rings is 1. The summed E-state index contributed by atoms with van der Waals surface area (Å²) >= 11 is 0. The number of carbonyl (C=O) groups is 1. The molecule has 1 rings (SSSR count). The number of para-hydroxylation sites is 1. The maximum atomic E-state index is 11.8. The summed E-state index contributed by atoms with van der Waals surface area (Å²) in [6.07, 6.45) is 0.669. The molecule has 0 bridgehead atoms. The molecule has 1 aromatic rings. The Hall–Kier alpha value is -1.55. The van der Waals surface area contributed by atoms with Gasteiger partial charge in [-0.3, -0.25) is 4.79 Å². The van der Waals surface area contributed by atoms with Crippen LogP contribution < -0.4 is 10.5 Å². The number of hydrogen-bond donors (Lipinski definition) is 1. The first-order valence-corrected chi connectivity index (χ1v) is 6.17. The molecule has 1 aromatic carbocycles. The van der Waals surface area contributed by atoms with Crippen molar-refractivity contribution in [2.24, 2.45) is 11.1 Å². The van der Waals surface area contributed by atoms with Crippen molar-refractivity contribution in [2.75, 3.05) is 19.8 Å². The van der Waals surface area contributed by atoms with Crippen molar-refractivity contribution < 1.29 is 14.3 Å². The van der Waals surface area contributed by atoms with E-state index in [-0.39, 0.29) is 12.6 Å². The molecule has 0 fully saturated rings. The van der Waals surface area contributed by atoms with Gasteiger partial charge in [-0.1, -0.05) is 25.1 Å². The topological polar surface area (TPSA) is 61.6 Å². The third kappa shape index (κ3) is 4.04. The van der Waals surface area contributed by atoms with Gasteiger partial charge in [-0.2, -0.15) is 0 Å². The van der Waals surface area contributed by atoms with Crippen molar-refractivity contribution in [2.45, 2.75) is 20.3 Å². The normalized spacial score (nSPS) is 13.7. The van der Waals surface area contributed by atoms with Crippen LogP contribution in [0.2, 0.25) is 0 Å². The lowest BCUT2D eigenvalue weighted by atomic mass is 9.88. The van der Waals surface area contributed by atoms with E-state index < -0.39 is 5.41 Å². The quantitative estimate of drug-likeness (QED) is 0.594. The fraction of sp³-hybridized carbons (Fsp3) is 0.500. The van der Waals surface area contributed by atoms with Crippen LogP contribution >= 0.6 is 0 Å². The molecule has 0 aliphatic rings. The van der Waals surface area contributed by atoms with Crippen LogP contribution in [-0.2, 0) is 9.53 Å². The van der Waals surface area contributed by atoms with Gasteiger partial charge in [0, 0.05) is 6.54 Å². The predicted octanol–water partition coefficient (Wildman–Crippen LogP) is 1.98.